The third kappa shape index (κ3) is 9.86. The summed E-state index contributed by atoms with van der Waals surface area (Å²) in [5, 5.41) is 2.28. The summed E-state index contributed by atoms with van der Waals surface area (Å²) in [6.07, 6.45) is -3.26. The van der Waals surface area contributed by atoms with Crippen LogP contribution in [0.3, 0.4) is 0 Å². The number of hydrogen-bond acceptors (Lipinski definition) is 4. The quantitative estimate of drug-likeness (QED) is 0.136. The number of carbonyl (C=O) groups excluding carboxylic acids is 2. The molecule has 1 atom stereocenters. The van der Waals surface area contributed by atoms with Gasteiger partial charge in [-0.25, -0.2) is 8.42 Å². The van der Waals surface area contributed by atoms with E-state index in [1.54, 1.807) is 31.2 Å². The molecule has 0 aliphatic carbocycles. The number of halogens is 4. The number of carbonyl (C=O) groups is 2. The van der Waals surface area contributed by atoms with Gasteiger partial charge >= 0.3 is 6.18 Å². The predicted molar refractivity (Wildman–Crippen MR) is 186 cm³/mol. The highest BCUT2D eigenvalue weighted by Crippen LogP contribution is 2.38. The van der Waals surface area contributed by atoms with Crippen molar-refractivity contribution in [1.29, 1.82) is 0 Å². The zero-order valence-corrected chi connectivity index (χ0v) is 29.1. The molecule has 260 valence electrons. The topological polar surface area (TPSA) is 86.8 Å². The van der Waals surface area contributed by atoms with Crippen molar-refractivity contribution in [3.63, 3.8) is 0 Å². The van der Waals surface area contributed by atoms with Gasteiger partial charge in [0.25, 0.3) is 10.0 Å². The number of nitrogens with zero attached hydrogens (tertiary/aromatic N) is 2. The molecule has 0 spiro atoms. The van der Waals surface area contributed by atoms with Crippen molar-refractivity contribution in [2.75, 3.05) is 17.4 Å². The summed E-state index contributed by atoms with van der Waals surface area (Å²) in [5.41, 5.74) is 1.51. The normalized spacial score (nSPS) is 12.3. The first-order valence-electron chi connectivity index (χ1n) is 15.8. The molecule has 0 heterocycles. The molecule has 0 fully saturated rings. The average molecular weight is 714 g/mol. The van der Waals surface area contributed by atoms with Crippen LogP contribution in [0.25, 0.3) is 0 Å². The molecule has 4 aromatic carbocycles. The van der Waals surface area contributed by atoms with Gasteiger partial charge < -0.3 is 10.2 Å². The Morgan fingerprint density at radius 1 is 0.857 bits per heavy atom. The number of benzene rings is 4. The van der Waals surface area contributed by atoms with Crippen molar-refractivity contribution < 1.29 is 31.2 Å². The second kappa shape index (κ2) is 16.4. The van der Waals surface area contributed by atoms with Crippen molar-refractivity contribution >= 4 is 39.1 Å². The van der Waals surface area contributed by atoms with Crippen molar-refractivity contribution in [3.8, 4) is 0 Å². The molecular formula is C37H39ClF3N3O4S. The number of sulfonamides is 1. The van der Waals surface area contributed by atoms with Crippen LogP contribution in [0.4, 0.5) is 18.9 Å². The Kier molecular flexibility index (Phi) is 12.5. The summed E-state index contributed by atoms with van der Waals surface area (Å²) < 4.78 is 70.9. The predicted octanol–water partition coefficient (Wildman–Crippen LogP) is 7.73. The van der Waals surface area contributed by atoms with Gasteiger partial charge in [0.05, 0.1) is 21.2 Å². The van der Waals surface area contributed by atoms with Crippen LogP contribution >= 0.6 is 11.6 Å². The zero-order chi connectivity index (χ0) is 35.8. The number of nitrogens with one attached hydrogen (secondary N) is 1. The molecule has 0 aromatic heterocycles. The fourth-order valence-corrected chi connectivity index (χ4v) is 6.83. The Morgan fingerprint density at radius 2 is 1.47 bits per heavy atom. The van der Waals surface area contributed by atoms with Crippen LogP contribution in [0.2, 0.25) is 5.02 Å². The first-order valence-corrected chi connectivity index (χ1v) is 17.6. The van der Waals surface area contributed by atoms with Crippen molar-refractivity contribution in [3.05, 3.63) is 130 Å². The van der Waals surface area contributed by atoms with Crippen LogP contribution in [0.1, 0.15) is 47.6 Å². The summed E-state index contributed by atoms with van der Waals surface area (Å²) in [5.74, 6) is -1.22. The standard InChI is InChI=1S/C37H39ClF3N3O4S/c1-4-5-21-42-36(46)34(22-28-9-7-6-8-10-28)43(24-29-15-11-26(2)12-16-29)35(45)25-44(49(47,48)31-18-13-27(3)14-19-31)30-17-20-33(38)32(23-30)37(39,40)41/h6-20,23,34H,4-5,21-22,24-25H2,1-3H3,(H,42,46). The maximum absolute atomic E-state index is 14.5. The summed E-state index contributed by atoms with van der Waals surface area (Å²) in [4.78, 5) is 29.4. The molecule has 49 heavy (non-hydrogen) atoms. The third-order valence-corrected chi connectivity index (χ3v) is 10.1. The van der Waals surface area contributed by atoms with Crippen LogP contribution in [0.15, 0.2) is 102 Å². The van der Waals surface area contributed by atoms with E-state index >= 15 is 0 Å². The van der Waals surface area contributed by atoms with Gasteiger partial charge in [-0.3, -0.25) is 13.9 Å². The van der Waals surface area contributed by atoms with Crippen LogP contribution in [-0.4, -0.2) is 44.3 Å². The second-order valence-electron chi connectivity index (χ2n) is 11.8. The molecule has 0 bridgehead atoms. The molecule has 7 nitrogen and oxygen atoms in total. The van der Waals surface area contributed by atoms with Crippen molar-refractivity contribution in [1.82, 2.24) is 10.2 Å². The molecule has 0 saturated carbocycles. The molecule has 12 heteroatoms. The number of aryl methyl sites for hydroxylation is 2. The monoisotopic (exact) mass is 713 g/mol. The van der Waals surface area contributed by atoms with Crippen molar-refractivity contribution in [2.24, 2.45) is 0 Å². The van der Waals surface area contributed by atoms with Crippen LogP contribution < -0.4 is 9.62 Å². The van der Waals surface area contributed by atoms with E-state index in [-0.39, 0.29) is 17.9 Å². The van der Waals surface area contributed by atoms with Gasteiger partial charge in [-0.2, -0.15) is 13.2 Å². The first kappa shape index (κ1) is 37.5. The zero-order valence-electron chi connectivity index (χ0n) is 27.5. The van der Waals surface area contributed by atoms with E-state index in [1.807, 2.05) is 56.3 Å². The molecule has 2 amide bonds. The Balaban J connectivity index is 1.85. The minimum Gasteiger partial charge on any atom is -0.354 e. The summed E-state index contributed by atoms with van der Waals surface area (Å²) in [7, 11) is -4.60. The van der Waals surface area contributed by atoms with E-state index in [4.69, 9.17) is 11.6 Å². The Morgan fingerprint density at radius 3 is 2.06 bits per heavy atom. The SMILES string of the molecule is CCCCNC(=O)C(Cc1ccccc1)N(Cc1ccc(C)cc1)C(=O)CN(c1ccc(Cl)c(C(F)(F)F)c1)S(=O)(=O)c1ccc(C)cc1. The summed E-state index contributed by atoms with van der Waals surface area (Å²) in [6, 6.07) is 23.8. The molecule has 4 aromatic rings. The third-order valence-electron chi connectivity index (χ3n) is 8.01. The molecular weight excluding hydrogens is 675 g/mol. The first-order chi connectivity index (χ1) is 23.2. The number of anilines is 1. The summed E-state index contributed by atoms with van der Waals surface area (Å²) >= 11 is 5.89. The minimum absolute atomic E-state index is 0.0648. The van der Waals surface area contributed by atoms with Gasteiger partial charge in [-0.1, -0.05) is 103 Å². The number of unbranched alkanes of at least 4 members (excludes halogenated alkanes) is 1. The Hall–Kier alpha value is -4.35. The lowest BCUT2D eigenvalue weighted by Crippen LogP contribution is -2.53. The minimum atomic E-state index is -4.90. The van der Waals surface area contributed by atoms with Gasteiger partial charge in [-0.05, 0) is 61.7 Å². The van der Waals surface area contributed by atoms with Crippen LogP contribution in [0, 0.1) is 13.8 Å². The highest BCUT2D eigenvalue weighted by atomic mass is 35.5. The number of amides is 2. The number of rotatable bonds is 14. The van der Waals surface area contributed by atoms with E-state index in [2.05, 4.69) is 5.32 Å². The van der Waals surface area contributed by atoms with E-state index in [0.29, 0.717) is 28.9 Å². The Bertz CT molecular complexity index is 1840. The van der Waals surface area contributed by atoms with Gasteiger partial charge in [0.1, 0.15) is 12.6 Å². The van der Waals surface area contributed by atoms with E-state index in [1.165, 1.54) is 17.0 Å². The summed E-state index contributed by atoms with van der Waals surface area (Å²) in [6.45, 7) is 5.05. The highest BCUT2D eigenvalue weighted by molar-refractivity contribution is 7.92. The molecule has 1 unspecified atom stereocenters. The molecule has 4 rings (SSSR count). The maximum atomic E-state index is 14.5. The smallest absolute Gasteiger partial charge is 0.354 e. The van der Waals surface area contributed by atoms with E-state index in [9.17, 15) is 31.2 Å². The van der Waals surface area contributed by atoms with Crippen molar-refractivity contribution in [2.45, 2.75) is 63.7 Å². The molecule has 0 aliphatic heterocycles. The van der Waals surface area contributed by atoms with Gasteiger partial charge in [-0.15, -0.1) is 0 Å². The molecule has 0 saturated heterocycles. The fraction of sp³-hybridized carbons (Fsp3) is 0.297. The van der Waals surface area contributed by atoms with Gasteiger partial charge in [0, 0.05) is 19.5 Å². The second-order valence-corrected chi connectivity index (χ2v) is 14.1. The largest absolute Gasteiger partial charge is 0.417 e. The lowest BCUT2D eigenvalue weighted by molar-refractivity contribution is -0.140. The maximum Gasteiger partial charge on any atom is 0.417 e. The number of alkyl halides is 3. The highest BCUT2D eigenvalue weighted by Gasteiger charge is 2.37. The van der Waals surface area contributed by atoms with Gasteiger partial charge in [0.15, 0.2) is 0 Å². The fourth-order valence-electron chi connectivity index (χ4n) is 5.20. The lowest BCUT2D eigenvalue weighted by atomic mass is 10.0. The van der Waals surface area contributed by atoms with Crippen LogP contribution in [-0.2, 0) is 38.8 Å². The molecule has 1 N–H and O–H groups in total. The molecule has 0 aliphatic rings. The van der Waals surface area contributed by atoms with E-state index in [0.717, 1.165) is 35.2 Å². The lowest BCUT2D eigenvalue weighted by Gasteiger charge is -2.34. The Labute approximate surface area is 290 Å². The average Bonchev–Trinajstić information content (AvgIpc) is 3.06. The molecule has 0 radical (unpaired) electrons. The van der Waals surface area contributed by atoms with Gasteiger partial charge in [0.2, 0.25) is 11.8 Å². The number of hydrogen-bond donors (Lipinski definition) is 1. The van der Waals surface area contributed by atoms with Crippen LogP contribution in [0.5, 0.6) is 0 Å². The van der Waals surface area contributed by atoms with E-state index < -0.39 is 56.9 Å².